The van der Waals surface area contributed by atoms with Gasteiger partial charge in [0.25, 0.3) is 0 Å². The molecular weight excluding hydrogens is 280 g/mol. The van der Waals surface area contributed by atoms with E-state index in [-0.39, 0.29) is 6.61 Å². The summed E-state index contributed by atoms with van der Waals surface area (Å²) in [4.78, 5) is 11.5. The first-order valence-electron chi connectivity index (χ1n) is 7.01. The summed E-state index contributed by atoms with van der Waals surface area (Å²) in [5.41, 5.74) is 0.868. The summed E-state index contributed by atoms with van der Waals surface area (Å²) in [5.74, 6) is -4.14. The minimum atomic E-state index is -1.87. The molecule has 4 nitrogen and oxygen atoms in total. The van der Waals surface area contributed by atoms with Gasteiger partial charge in [-0.05, 0) is 22.1 Å². The van der Waals surface area contributed by atoms with E-state index < -0.39 is 17.7 Å². The summed E-state index contributed by atoms with van der Waals surface area (Å²) in [5, 5.41) is 21.7. The van der Waals surface area contributed by atoms with Gasteiger partial charge in [0, 0.05) is 0 Å². The van der Waals surface area contributed by atoms with Gasteiger partial charge < -0.3 is 14.9 Å². The van der Waals surface area contributed by atoms with E-state index >= 15 is 0 Å². The van der Waals surface area contributed by atoms with Crippen molar-refractivity contribution in [1.82, 2.24) is 0 Å². The van der Waals surface area contributed by atoms with Crippen molar-refractivity contribution in [3.05, 3.63) is 70.6 Å². The minimum Gasteiger partial charge on any atom is -0.481 e. The first-order valence-corrected chi connectivity index (χ1v) is 7.01. The lowest BCUT2D eigenvalue weighted by Gasteiger charge is -2.31. The number of aliphatic hydroxyl groups is 1. The van der Waals surface area contributed by atoms with E-state index in [9.17, 15) is 15.0 Å². The molecule has 0 amide bonds. The maximum atomic E-state index is 11.5. The Labute approximate surface area is 127 Å². The van der Waals surface area contributed by atoms with Crippen LogP contribution in [0.5, 0.6) is 0 Å². The average molecular weight is 296 g/mol. The number of fused-ring (bicyclic) bond motifs is 1. The molecule has 2 aromatic carbocycles. The normalized spacial score (nSPS) is 23.0. The van der Waals surface area contributed by atoms with Crippen LogP contribution in [-0.4, -0.2) is 22.0 Å². The fourth-order valence-corrected chi connectivity index (χ4v) is 2.56. The van der Waals surface area contributed by atoms with Crippen molar-refractivity contribution in [3.63, 3.8) is 0 Å². The topological polar surface area (TPSA) is 66.8 Å². The molecule has 2 unspecified atom stereocenters. The van der Waals surface area contributed by atoms with Crippen molar-refractivity contribution in [3.8, 4) is 0 Å². The van der Waals surface area contributed by atoms with Gasteiger partial charge in [0.1, 0.15) is 5.92 Å². The van der Waals surface area contributed by atoms with Gasteiger partial charge in [0.05, 0.1) is 6.61 Å². The molecule has 0 spiro atoms. The molecule has 0 aromatic heterocycles. The molecule has 0 aliphatic heterocycles. The number of hydrogen-bond donors (Lipinski definition) is 2. The van der Waals surface area contributed by atoms with E-state index in [0.29, 0.717) is 0 Å². The highest BCUT2D eigenvalue weighted by Crippen LogP contribution is 2.26. The molecule has 0 fully saturated rings. The molecule has 22 heavy (non-hydrogen) atoms. The van der Waals surface area contributed by atoms with Crippen molar-refractivity contribution < 1.29 is 19.7 Å². The van der Waals surface area contributed by atoms with Gasteiger partial charge in [-0.1, -0.05) is 60.7 Å². The van der Waals surface area contributed by atoms with Crippen molar-refractivity contribution >= 4 is 18.1 Å². The highest BCUT2D eigenvalue weighted by atomic mass is 16.6. The third kappa shape index (κ3) is 2.79. The Morgan fingerprint density at radius 2 is 1.68 bits per heavy atom. The fourth-order valence-electron chi connectivity index (χ4n) is 2.56. The van der Waals surface area contributed by atoms with Gasteiger partial charge in [-0.3, -0.25) is 4.79 Å². The molecule has 0 bridgehead atoms. The SMILES string of the molecule is O=C(O)C1C=c2ccccc2=CC1(O)OCc1ccccc1. The first-order chi connectivity index (χ1) is 10.6. The lowest BCUT2D eigenvalue weighted by Crippen LogP contribution is -2.49. The van der Waals surface area contributed by atoms with Crippen LogP contribution >= 0.6 is 0 Å². The van der Waals surface area contributed by atoms with Gasteiger partial charge in [0.15, 0.2) is 0 Å². The zero-order valence-corrected chi connectivity index (χ0v) is 11.8. The second-order valence-corrected chi connectivity index (χ2v) is 5.28. The monoisotopic (exact) mass is 296 g/mol. The smallest absolute Gasteiger partial charge is 0.316 e. The summed E-state index contributed by atoms with van der Waals surface area (Å²) in [7, 11) is 0. The number of carbonyl (C=O) groups is 1. The van der Waals surface area contributed by atoms with Crippen molar-refractivity contribution in [2.45, 2.75) is 12.4 Å². The number of rotatable bonds is 4. The van der Waals surface area contributed by atoms with Crippen LogP contribution in [-0.2, 0) is 16.1 Å². The molecule has 112 valence electrons. The predicted molar refractivity (Wildman–Crippen MR) is 81.9 cm³/mol. The van der Waals surface area contributed by atoms with Crippen LogP contribution in [0.4, 0.5) is 0 Å². The van der Waals surface area contributed by atoms with Crippen LogP contribution in [0.15, 0.2) is 54.6 Å². The molecule has 0 radical (unpaired) electrons. The summed E-state index contributed by atoms with van der Waals surface area (Å²) < 4.78 is 5.58. The van der Waals surface area contributed by atoms with E-state index in [0.717, 1.165) is 16.0 Å². The molecular formula is C18H16O4. The van der Waals surface area contributed by atoms with Gasteiger partial charge >= 0.3 is 5.97 Å². The summed E-state index contributed by atoms with van der Waals surface area (Å²) >= 11 is 0. The Kier molecular flexibility index (Phi) is 3.79. The number of carboxylic acid groups (broad SMARTS) is 1. The highest BCUT2D eigenvalue weighted by Gasteiger charge is 2.41. The molecule has 0 saturated carbocycles. The van der Waals surface area contributed by atoms with E-state index in [2.05, 4.69) is 0 Å². The number of benzene rings is 2. The quantitative estimate of drug-likeness (QED) is 0.822. The number of hydrogen-bond acceptors (Lipinski definition) is 3. The summed E-state index contributed by atoms with van der Waals surface area (Å²) in [6.07, 6.45) is 3.01. The van der Waals surface area contributed by atoms with Gasteiger partial charge in [-0.25, -0.2) is 0 Å². The molecule has 1 aliphatic carbocycles. The van der Waals surface area contributed by atoms with Gasteiger partial charge in [0.2, 0.25) is 5.79 Å². The number of aliphatic carboxylic acids is 1. The zero-order valence-electron chi connectivity index (χ0n) is 11.8. The van der Waals surface area contributed by atoms with Crippen LogP contribution in [0.2, 0.25) is 0 Å². The Morgan fingerprint density at radius 1 is 1.05 bits per heavy atom. The highest BCUT2D eigenvalue weighted by molar-refractivity contribution is 5.81. The standard InChI is InChI=1S/C18H16O4/c19-17(20)16-10-14-8-4-5-9-15(14)11-18(16,21)22-12-13-6-2-1-3-7-13/h1-11,16,21H,12H2,(H,19,20). The van der Waals surface area contributed by atoms with Crippen molar-refractivity contribution in [2.24, 2.45) is 5.92 Å². The zero-order chi connectivity index (χ0) is 15.6. The second kappa shape index (κ2) is 5.75. The van der Waals surface area contributed by atoms with Crippen molar-refractivity contribution in [2.75, 3.05) is 0 Å². The molecule has 0 saturated heterocycles. The molecule has 4 heteroatoms. The van der Waals surface area contributed by atoms with Crippen LogP contribution in [0, 0.1) is 5.92 Å². The molecule has 2 atom stereocenters. The minimum absolute atomic E-state index is 0.133. The Hall–Kier alpha value is -2.43. The molecule has 0 heterocycles. The Bertz CT molecular complexity index is 797. The molecule has 2 N–H and O–H groups in total. The largest absolute Gasteiger partial charge is 0.481 e. The Morgan fingerprint density at radius 3 is 2.36 bits per heavy atom. The number of carboxylic acids is 1. The van der Waals surface area contributed by atoms with Crippen LogP contribution in [0.3, 0.4) is 0 Å². The van der Waals surface area contributed by atoms with Crippen molar-refractivity contribution in [1.29, 1.82) is 0 Å². The van der Waals surface area contributed by atoms with Crippen LogP contribution in [0.25, 0.3) is 12.2 Å². The summed E-state index contributed by atoms with van der Waals surface area (Å²) in [6, 6.07) is 16.6. The van der Waals surface area contributed by atoms with Gasteiger partial charge in [-0.2, -0.15) is 0 Å². The number of ether oxygens (including phenoxy) is 1. The third-order valence-electron chi connectivity index (χ3n) is 3.73. The molecule has 3 rings (SSSR count). The maximum absolute atomic E-state index is 11.5. The molecule has 2 aromatic rings. The van der Waals surface area contributed by atoms with Crippen LogP contribution in [0.1, 0.15) is 5.56 Å². The van der Waals surface area contributed by atoms with E-state index in [1.807, 2.05) is 54.6 Å². The first kappa shape index (κ1) is 14.5. The Balaban J connectivity index is 1.95. The van der Waals surface area contributed by atoms with Crippen LogP contribution < -0.4 is 10.4 Å². The molecule has 1 aliphatic rings. The average Bonchev–Trinajstić information content (AvgIpc) is 2.53. The lowest BCUT2D eigenvalue weighted by molar-refractivity contribution is -0.195. The van der Waals surface area contributed by atoms with Gasteiger partial charge in [-0.15, -0.1) is 0 Å². The third-order valence-corrected chi connectivity index (χ3v) is 3.73. The fraction of sp³-hybridized carbons (Fsp3) is 0.167. The maximum Gasteiger partial charge on any atom is 0.316 e. The van der Waals surface area contributed by atoms with E-state index in [4.69, 9.17) is 4.74 Å². The second-order valence-electron chi connectivity index (χ2n) is 5.28. The predicted octanol–water partition coefficient (Wildman–Crippen LogP) is 0.867. The van der Waals surface area contributed by atoms with E-state index in [1.165, 1.54) is 12.2 Å². The van der Waals surface area contributed by atoms with E-state index in [1.54, 1.807) is 0 Å². The summed E-state index contributed by atoms with van der Waals surface area (Å²) in [6.45, 7) is 0.133. The lowest BCUT2D eigenvalue weighted by atomic mass is 9.91.